The van der Waals surface area contributed by atoms with Gasteiger partial charge in [-0.3, -0.25) is 4.79 Å². The minimum absolute atomic E-state index is 0.00307. The molecule has 1 saturated heterocycles. The molecule has 0 bridgehead atoms. The van der Waals surface area contributed by atoms with Gasteiger partial charge in [-0.15, -0.1) is 5.10 Å². The molecule has 0 atom stereocenters. The molecule has 0 radical (unpaired) electrons. The number of aromatic nitrogens is 4. The zero-order valence-electron chi connectivity index (χ0n) is 16.6. The summed E-state index contributed by atoms with van der Waals surface area (Å²) in [6.45, 7) is 6.45. The van der Waals surface area contributed by atoms with Crippen molar-refractivity contribution in [1.29, 1.82) is 5.26 Å². The number of carbonyl (C=O) groups is 1. The molecule has 0 unspecified atom stereocenters. The number of rotatable bonds is 4. The van der Waals surface area contributed by atoms with Crippen molar-refractivity contribution < 1.29 is 4.79 Å². The SMILES string of the molecule is CCc1nnc(N2CCN(C(=O)c3ccc4nc[nH]c4c3)CC2)c(C#N)c1CC. The molecular weight excluding hydrogens is 366 g/mol. The molecule has 0 aliphatic carbocycles. The summed E-state index contributed by atoms with van der Waals surface area (Å²) in [5.41, 5.74) is 4.82. The van der Waals surface area contributed by atoms with Gasteiger partial charge in [0.1, 0.15) is 11.6 Å². The number of H-pyrrole nitrogens is 1. The van der Waals surface area contributed by atoms with E-state index < -0.39 is 0 Å². The van der Waals surface area contributed by atoms with Crippen molar-refractivity contribution in [1.82, 2.24) is 25.1 Å². The van der Waals surface area contributed by atoms with Crippen LogP contribution in [0.3, 0.4) is 0 Å². The zero-order chi connectivity index (χ0) is 20.4. The fourth-order valence-electron chi connectivity index (χ4n) is 3.87. The molecule has 29 heavy (non-hydrogen) atoms. The van der Waals surface area contributed by atoms with Crippen LogP contribution in [0.1, 0.15) is 41.0 Å². The number of carbonyl (C=O) groups excluding carboxylic acids is 1. The van der Waals surface area contributed by atoms with Gasteiger partial charge in [-0.1, -0.05) is 13.8 Å². The molecule has 1 aliphatic heterocycles. The fraction of sp³-hybridized carbons (Fsp3) is 0.381. The Bertz CT molecular complexity index is 1090. The van der Waals surface area contributed by atoms with Crippen LogP contribution in [0, 0.1) is 11.3 Å². The molecule has 1 aromatic carbocycles. The first-order valence-corrected chi connectivity index (χ1v) is 9.92. The standard InChI is InChI=1S/C21H23N7O/c1-3-15-16(12-22)20(26-25-17(15)4-2)27-7-9-28(10-8-27)21(29)14-5-6-18-19(11-14)24-13-23-18/h5-6,11,13H,3-4,7-10H2,1-2H3,(H,23,24). The van der Waals surface area contributed by atoms with E-state index in [2.05, 4.69) is 31.1 Å². The van der Waals surface area contributed by atoms with Gasteiger partial charge in [-0.2, -0.15) is 10.4 Å². The van der Waals surface area contributed by atoms with Gasteiger partial charge in [0.05, 0.1) is 23.1 Å². The lowest BCUT2D eigenvalue weighted by molar-refractivity contribution is 0.0746. The minimum atomic E-state index is 0.00307. The molecule has 0 spiro atoms. The van der Waals surface area contributed by atoms with Crippen LogP contribution in [-0.2, 0) is 12.8 Å². The second-order valence-corrected chi connectivity index (χ2v) is 7.06. The van der Waals surface area contributed by atoms with Gasteiger partial charge >= 0.3 is 0 Å². The van der Waals surface area contributed by atoms with Crippen LogP contribution in [0.5, 0.6) is 0 Å². The van der Waals surface area contributed by atoms with E-state index in [1.54, 1.807) is 6.33 Å². The third kappa shape index (κ3) is 3.40. The Morgan fingerprint density at radius 3 is 2.66 bits per heavy atom. The van der Waals surface area contributed by atoms with Crippen molar-refractivity contribution >= 4 is 22.8 Å². The molecule has 0 saturated carbocycles. The van der Waals surface area contributed by atoms with Crippen molar-refractivity contribution in [2.75, 3.05) is 31.1 Å². The highest BCUT2D eigenvalue weighted by molar-refractivity contribution is 5.97. The number of aromatic amines is 1. The Labute approximate surface area is 169 Å². The van der Waals surface area contributed by atoms with Crippen molar-refractivity contribution in [3.05, 3.63) is 46.9 Å². The van der Waals surface area contributed by atoms with Crippen LogP contribution in [0.15, 0.2) is 24.5 Å². The number of benzene rings is 1. The van der Waals surface area contributed by atoms with E-state index in [4.69, 9.17) is 0 Å². The summed E-state index contributed by atoms with van der Waals surface area (Å²) < 4.78 is 0. The molecule has 1 fully saturated rings. The van der Waals surface area contributed by atoms with Gasteiger partial charge in [0.25, 0.3) is 5.91 Å². The number of nitriles is 1. The molecule has 4 rings (SSSR count). The van der Waals surface area contributed by atoms with E-state index in [1.807, 2.05) is 36.9 Å². The van der Waals surface area contributed by atoms with Gasteiger partial charge in [-0.25, -0.2) is 4.98 Å². The number of anilines is 1. The first kappa shape index (κ1) is 18.9. The van der Waals surface area contributed by atoms with E-state index in [-0.39, 0.29) is 5.91 Å². The number of hydrogen-bond acceptors (Lipinski definition) is 6. The van der Waals surface area contributed by atoms with E-state index in [0.717, 1.165) is 35.1 Å². The highest BCUT2D eigenvalue weighted by Gasteiger charge is 2.26. The van der Waals surface area contributed by atoms with Gasteiger partial charge in [0.2, 0.25) is 0 Å². The largest absolute Gasteiger partial charge is 0.350 e. The Balaban J connectivity index is 1.51. The van der Waals surface area contributed by atoms with Crippen LogP contribution < -0.4 is 4.90 Å². The first-order chi connectivity index (χ1) is 14.2. The van der Waals surface area contributed by atoms with E-state index >= 15 is 0 Å². The predicted octanol–water partition coefficient (Wildman–Crippen LogP) is 2.31. The van der Waals surface area contributed by atoms with E-state index in [1.165, 1.54) is 0 Å². The van der Waals surface area contributed by atoms with Crippen molar-refractivity contribution in [3.63, 3.8) is 0 Å². The summed E-state index contributed by atoms with van der Waals surface area (Å²) in [6.07, 6.45) is 3.14. The van der Waals surface area contributed by atoms with Crippen LogP contribution >= 0.6 is 0 Å². The fourth-order valence-corrected chi connectivity index (χ4v) is 3.87. The first-order valence-electron chi connectivity index (χ1n) is 9.92. The highest BCUT2D eigenvalue weighted by atomic mass is 16.2. The van der Waals surface area contributed by atoms with Crippen LogP contribution in [0.4, 0.5) is 5.82 Å². The molecule has 3 aromatic rings. The third-order valence-corrected chi connectivity index (χ3v) is 5.47. The van der Waals surface area contributed by atoms with Crippen LogP contribution in [0.2, 0.25) is 0 Å². The lowest BCUT2D eigenvalue weighted by atomic mass is 10.0. The van der Waals surface area contributed by atoms with Gasteiger partial charge in [0.15, 0.2) is 5.82 Å². The predicted molar refractivity (Wildman–Crippen MR) is 110 cm³/mol. The number of hydrogen-bond donors (Lipinski definition) is 1. The van der Waals surface area contributed by atoms with Gasteiger partial charge in [-0.05, 0) is 36.6 Å². The maximum Gasteiger partial charge on any atom is 0.254 e. The molecule has 148 valence electrons. The zero-order valence-corrected chi connectivity index (χ0v) is 16.6. The number of aryl methyl sites for hydroxylation is 1. The topological polar surface area (TPSA) is 102 Å². The molecule has 1 aliphatic rings. The lowest BCUT2D eigenvalue weighted by Crippen LogP contribution is -2.49. The maximum atomic E-state index is 12.9. The summed E-state index contributed by atoms with van der Waals surface area (Å²) in [4.78, 5) is 24.0. The van der Waals surface area contributed by atoms with Gasteiger partial charge < -0.3 is 14.8 Å². The summed E-state index contributed by atoms with van der Waals surface area (Å²) in [5.74, 6) is 0.635. The molecule has 2 aromatic heterocycles. The maximum absolute atomic E-state index is 12.9. The van der Waals surface area contributed by atoms with E-state index in [0.29, 0.717) is 43.1 Å². The third-order valence-electron chi connectivity index (χ3n) is 5.47. The number of piperazine rings is 1. The van der Waals surface area contributed by atoms with Crippen LogP contribution in [0.25, 0.3) is 11.0 Å². The quantitative estimate of drug-likeness (QED) is 0.735. The van der Waals surface area contributed by atoms with Gasteiger partial charge in [0, 0.05) is 31.7 Å². The molecule has 3 heterocycles. The monoisotopic (exact) mass is 389 g/mol. The minimum Gasteiger partial charge on any atom is -0.350 e. The highest BCUT2D eigenvalue weighted by Crippen LogP contribution is 2.24. The number of amides is 1. The smallest absolute Gasteiger partial charge is 0.254 e. The van der Waals surface area contributed by atoms with Crippen molar-refractivity contribution in [2.45, 2.75) is 26.7 Å². The van der Waals surface area contributed by atoms with Crippen molar-refractivity contribution in [2.24, 2.45) is 0 Å². The Morgan fingerprint density at radius 2 is 1.97 bits per heavy atom. The Hall–Kier alpha value is -3.47. The number of nitrogens with zero attached hydrogens (tertiary/aromatic N) is 6. The van der Waals surface area contributed by atoms with Crippen molar-refractivity contribution in [3.8, 4) is 6.07 Å². The number of imidazole rings is 1. The normalized spacial score (nSPS) is 14.2. The molecular formula is C21H23N7O. The van der Waals surface area contributed by atoms with Crippen LogP contribution in [-0.4, -0.2) is 57.2 Å². The average Bonchev–Trinajstić information content (AvgIpc) is 3.25. The summed E-state index contributed by atoms with van der Waals surface area (Å²) >= 11 is 0. The number of nitrogens with one attached hydrogen (secondary N) is 1. The summed E-state index contributed by atoms with van der Waals surface area (Å²) in [7, 11) is 0. The van der Waals surface area contributed by atoms with E-state index in [9.17, 15) is 10.1 Å². The summed E-state index contributed by atoms with van der Waals surface area (Å²) in [6, 6.07) is 7.83. The molecule has 8 heteroatoms. The molecule has 1 N–H and O–H groups in total. The Morgan fingerprint density at radius 1 is 1.17 bits per heavy atom. The second-order valence-electron chi connectivity index (χ2n) is 7.06. The lowest BCUT2D eigenvalue weighted by Gasteiger charge is -2.35. The molecule has 8 nitrogen and oxygen atoms in total. The average molecular weight is 389 g/mol. The number of fused-ring (bicyclic) bond motifs is 1. The molecule has 1 amide bonds. The summed E-state index contributed by atoms with van der Waals surface area (Å²) in [5, 5.41) is 18.4. The second kappa shape index (κ2) is 7.87. The Kier molecular flexibility index (Phi) is 5.12.